The molecule has 5 heterocycles. The van der Waals surface area contributed by atoms with Crippen LogP contribution in [0.5, 0.6) is 5.75 Å². The van der Waals surface area contributed by atoms with Gasteiger partial charge in [0.15, 0.2) is 17.2 Å². The number of rotatable bonds is 5. The average molecular weight is 476 g/mol. The largest absolute Gasteiger partial charge is 0.494 e. The number of aromatic nitrogens is 6. The predicted octanol–water partition coefficient (Wildman–Crippen LogP) is 4.58. The molecule has 0 saturated carbocycles. The zero-order valence-corrected chi connectivity index (χ0v) is 19.6. The monoisotopic (exact) mass is 475 g/mol. The summed E-state index contributed by atoms with van der Waals surface area (Å²) >= 11 is 1.42. The Hall–Kier alpha value is -3.66. The molecule has 1 fully saturated rings. The fraction of sp³-hybridized carbons (Fsp3) is 0.250. The molecule has 0 spiro atoms. The van der Waals surface area contributed by atoms with Crippen LogP contribution in [0, 0.1) is 5.82 Å². The molecule has 5 aromatic rings. The van der Waals surface area contributed by atoms with Crippen molar-refractivity contribution in [3.05, 3.63) is 54.9 Å². The van der Waals surface area contributed by atoms with E-state index in [9.17, 15) is 4.39 Å². The van der Waals surface area contributed by atoms with E-state index in [1.165, 1.54) is 30.7 Å². The van der Waals surface area contributed by atoms with Gasteiger partial charge in [-0.2, -0.15) is 5.10 Å². The number of hydrogen-bond donors (Lipinski definition) is 0. The minimum Gasteiger partial charge on any atom is -0.494 e. The third-order valence-corrected chi connectivity index (χ3v) is 7.05. The van der Waals surface area contributed by atoms with Crippen molar-refractivity contribution in [1.29, 1.82) is 0 Å². The van der Waals surface area contributed by atoms with Gasteiger partial charge in [0, 0.05) is 53.9 Å². The van der Waals surface area contributed by atoms with Crippen LogP contribution < -0.4 is 9.64 Å². The van der Waals surface area contributed by atoms with Gasteiger partial charge in [-0.1, -0.05) is 0 Å². The van der Waals surface area contributed by atoms with E-state index in [2.05, 4.69) is 25.2 Å². The smallest absolute Gasteiger partial charge is 0.200 e. The molecule has 10 heteroatoms. The van der Waals surface area contributed by atoms with Gasteiger partial charge in [0.05, 0.1) is 30.7 Å². The molecule has 0 unspecified atom stereocenters. The molecule has 1 aromatic carbocycles. The van der Waals surface area contributed by atoms with E-state index in [1.807, 2.05) is 43.8 Å². The highest BCUT2D eigenvalue weighted by Gasteiger charge is 2.20. The SMILES string of the molecule is COc1c(N2CCCC2)cnc2ccc(Sc3nnc4c(F)cc(-c5cnn(C)c5)cn34)cc12. The summed E-state index contributed by atoms with van der Waals surface area (Å²) in [5.41, 5.74) is 3.60. The van der Waals surface area contributed by atoms with Crippen molar-refractivity contribution in [3.63, 3.8) is 0 Å². The van der Waals surface area contributed by atoms with Gasteiger partial charge in [-0.25, -0.2) is 4.39 Å². The third kappa shape index (κ3) is 3.54. The molecule has 0 N–H and O–H groups in total. The Bertz CT molecular complexity index is 1520. The second-order valence-electron chi connectivity index (χ2n) is 8.31. The Morgan fingerprint density at radius 1 is 1.03 bits per heavy atom. The number of ether oxygens (including phenoxy) is 1. The summed E-state index contributed by atoms with van der Waals surface area (Å²) in [6.07, 6.45) is 9.64. The molecule has 1 aliphatic rings. The van der Waals surface area contributed by atoms with Gasteiger partial charge in [-0.3, -0.25) is 14.1 Å². The number of fused-ring (bicyclic) bond motifs is 2. The van der Waals surface area contributed by atoms with Gasteiger partial charge in [-0.15, -0.1) is 10.2 Å². The van der Waals surface area contributed by atoms with Gasteiger partial charge in [0.1, 0.15) is 0 Å². The molecule has 1 saturated heterocycles. The number of methoxy groups -OCH3 is 1. The van der Waals surface area contributed by atoms with Crippen LogP contribution in [0.15, 0.2) is 59.1 Å². The number of halogens is 1. The van der Waals surface area contributed by atoms with E-state index < -0.39 is 5.82 Å². The van der Waals surface area contributed by atoms with Crippen molar-refractivity contribution in [3.8, 4) is 16.9 Å². The lowest BCUT2D eigenvalue weighted by atomic mass is 10.1. The zero-order valence-electron chi connectivity index (χ0n) is 18.8. The zero-order chi connectivity index (χ0) is 23.2. The second kappa shape index (κ2) is 8.28. The van der Waals surface area contributed by atoms with Crippen LogP contribution in [-0.4, -0.2) is 49.6 Å². The van der Waals surface area contributed by atoms with E-state index in [0.717, 1.165) is 45.9 Å². The van der Waals surface area contributed by atoms with Gasteiger partial charge in [0.2, 0.25) is 5.16 Å². The van der Waals surface area contributed by atoms with Crippen LogP contribution in [0.1, 0.15) is 12.8 Å². The minimum absolute atomic E-state index is 0.187. The first-order chi connectivity index (χ1) is 16.6. The van der Waals surface area contributed by atoms with Crippen molar-refractivity contribution in [2.24, 2.45) is 7.05 Å². The molecule has 8 nitrogen and oxygen atoms in total. The van der Waals surface area contributed by atoms with Gasteiger partial charge in [-0.05, 0) is 48.9 Å². The van der Waals surface area contributed by atoms with Gasteiger partial charge in [0.25, 0.3) is 0 Å². The number of aryl methyl sites for hydroxylation is 1. The molecule has 1 aliphatic heterocycles. The van der Waals surface area contributed by atoms with Crippen LogP contribution in [-0.2, 0) is 7.05 Å². The van der Waals surface area contributed by atoms with Crippen molar-refractivity contribution < 1.29 is 9.13 Å². The lowest BCUT2D eigenvalue weighted by molar-refractivity contribution is 0.419. The maximum atomic E-state index is 14.8. The molecule has 6 rings (SSSR count). The highest BCUT2D eigenvalue weighted by molar-refractivity contribution is 7.99. The fourth-order valence-electron chi connectivity index (χ4n) is 4.44. The Balaban J connectivity index is 1.41. The highest BCUT2D eigenvalue weighted by Crippen LogP contribution is 2.39. The second-order valence-corrected chi connectivity index (χ2v) is 9.35. The van der Waals surface area contributed by atoms with E-state index in [4.69, 9.17) is 4.74 Å². The van der Waals surface area contributed by atoms with E-state index in [0.29, 0.717) is 10.7 Å². The maximum Gasteiger partial charge on any atom is 0.200 e. The van der Waals surface area contributed by atoms with Gasteiger partial charge >= 0.3 is 0 Å². The first-order valence-electron chi connectivity index (χ1n) is 11.0. The molecule has 0 atom stereocenters. The third-order valence-electron chi connectivity index (χ3n) is 6.10. The number of anilines is 1. The average Bonchev–Trinajstić information content (AvgIpc) is 3.60. The summed E-state index contributed by atoms with van der Waals surface area (Å²) in [6.45, 7) is 2.02. The molecule has 4 aromatic heterocycles. The van der Waals surface area contributed by atoms with Crippen LogP contribution in [0.2, 0.25) is 0 Å². The summed E-state index contributed by atoms with van der Waals surface area (Å²) in [4.78, 5) is 7.92. The number of pyridine rings is 2. The Morgan fingerprint density at radius 2 is 1.88 bits per heavy atom. The normalized spacial score (nSPS) is 13.9. The molecule has 0 aliphatic carbocycles. The van der Waals surface area contributed by atoms with E-state index >= 15 is 0 Å². The van der Waals surface area contributed by atoms with Crippen molar-refractivity contribution in [2.75, 3.05) is 25.1 Å². The van der Waals surface area contributed by atoms with E-state index in [-0.39, 0.29) is 5.65 Å². The number of benzene rings is 1. The Labute approximate surface area is 199 Å². The van der Waals surface area contributed by atoms with Gasteiger partial charge < -0.3 is 9.64 Å². The molecular formula is C24H22FN7OS. The lowest BCUT2D eigenvalue weighted by Crippen LogP contribution is -2.18. The molecular weight excluding hydrogens is 453 g/mol. The summed E-state index contributed by atoms with van der Waals surface area (Å²) in [5, 5.41) is 14.0. The maximum absolute atomic E-state index is 14.8. The summed E-state index contributed by atoms with van der Waals surface area (Å²) in [7, 11) is 3.53. The topological polar surface area (TPSA) is 73.4 Å². The molecule has 0 radical (unpaired) electrons. The van der Waals surface area contributed by atoms with Crippen molar-refractivity contribution in [2.45, 2.75) is 22.9 Å². The predicted molar refractivity (Wildman–Crippen MR) is 129 cm³/mol. The van der Waals surface area contributed by atoms with Crippen LogP contribution in [0.25, 0.3) is 27.7 Å². The van der Waals surface area contributed by atoms with Crippen molar-refractivity contribution >= 4 is 34.0 Å². The Kier molecular flexibility index (Phi) is 5.09. The first kappa shape index (κ1) is 20.9. The molecule has 172 valence electrons. The molecule has 0 bridgehead atoms. The number of nitrogens with zero attached hydrogens (tertiary/aromatic N) is 7. The quantitative estimate of drug-likeness (QED) is 0.368. The standard InChI is InChI=1S/C24H22FN7OS/c1-30-13-16(11-27-30)15-9-19(25)23-28-29-24(32(23)14-15)34-17-5-6-20-18(10-17)22(33-2)21(12-26-20)31-7-3-4-8-31/h5-6,9-14H,3-4,7-8H2,1-2H3. The highest BCUT2D eigenvalue weighted by atomic mass is 32.2. The fourth-order valence-corrected chi connectivity index (χ4v) is 5.28. The van der Waals surface area contributed by atoms with Crippen molar-refractivity contribution in [1.82, 2.24) is 29.4 Å². The lowest BCUT2D eigenvalue weighted by Gasteiger charge is -2.21. The molecule has 0 amide bonds. The summed E-state index contributed by atoms with van der Waals surface area (Å²) in [6, 6.07) is 7.46. The Morgan fingerprint density at radius 3 is 2.65 bits per heavy atom. The first-order valence-corrected chi connectivity index (χ1v) is 11.9. The van der Waals surface area contributed by atoms with Crippen LogP contribution >= 0.6 is 11.8 Å². The summed E-state index contributed by atoms with van der Waals surface area (Å²) < 4.78 is 24.0. The van der Waals surface area contributed by atoms with E-state index in [1.54, 1.807) is 22.4 Å². The van der Waals surface area contributed by atoms with Crippen LogP contribution in [0.3, 0.4) is 0 Å². The number of hydrogen-bond acceptors (Lipinski definition) is 7. The minimum atomic E-state index is -0.430. The molecule has 34 heavy (non-hydrogen) atoms. The summed E-state index contributed by atoms with van der Waals surface area (Å²) in [5.74, 6) is 0.394. The van der Waals surface area contributed by atoms with Crippen LogP contribution in [0.4, 0.5) is 10.1 Å².